The number of aromatic nitrogens is 2. The zero-order chi connectivity index (χ0) is 24.0. The van der Waals surface area contributed by atoms with Crippen LogP contribution in [0.2, 0.25) is 10.0 Å². The molecule has 0 saturated heterocycles. The minimum absolute atomic E-state index is 0.220. The van der Waals surface area contributed by atoms with Crippen LogP contribution in [0, 0.1) is 6.92 Å². The van der Waals surface area contributed by atoms with Gasteiger partial charge in [0.05, 0.1) is 15.6 Å². The van der Waals surface area contributed by atoms with E-state index in [9.17, 15) is 4.79 Å². The number of amides is 1. The van der Waals surface area contributed by atoms with E-state index in [1.807, 2.05) is 25.1 Å². The zero-order valence-corrected chi connectivity index (χ0v) is 21.1. The summed E-state index contributed by atoms with van der Waals surface area (Å²) in [4.78, 5) is 24.4. The van der Waals surface area contributed by atoms with Crippen LogP contribution in [0.1, 0.15) is 49.5 Å². The molecular weight excluding hydrogens is 457 g/mol. The van der Waals surface area contributed by atoms with Gasteiger partial charge in [-0.1, -0.05) is 49.2 Å². The van der Waals surface area contributed by atoms with E-state index in [2.05, 4.69) is 46.3 Å². The van der Waals surface area contributed by atoms with Gasteiger partial charge in [-0.25, -0.2) is 4.98 Å². The summed E-state index contributed by atoms with van der Waals surface area (Å²) in [6.45, 7) is 11.7. The van der Waals surface area contributed by atoms with Gasteiger partial charge >= 0.3 is 0 Å². The van der Waals surface area contributed by atoms with Crippen molar-refractivity contribution in [2.24, 2.45) is 0 Å². The van der Waals surface area contributed by atoms with Crippen molar-refractivity contribution in [3.05, 3.63) is 57.6 Å². The summed E-state index contributed by atoms with van der Waals surface area (Å²) in [5, 5.41) is 7.98. The highest BCUT2D eigenvalue weighted by molar-refractivity contribution is 6.42. The van der Waals surface area contributed by atoms with Gasteiger partial charge in [0.15, 0.2) is 0 Å². The van der Waals surface area contributed by atoms with E-state index in [1.165, 1.54) is 6.07 Å². The molecule has 0 spiro atoms. The third-order valence-corrected chi connectivity index (χ3v) is 6.46. The first-order chi connectivity index (χ1) is 15.8. The fraction of sp³-hybridized carbons (Fsp3) is 0.400. The highest BCUT2D eigenvalue weighted by Crippen LogP contribution is 2.27. The molecule has 1 amide bonds. The van der Waals surface area contributed by atoms with Gasteiger partial charge in [-0.15, -0.1) is 0 Å². The molecule has 1 heterocycles. The van der Waals surface area contributed by atoms with Gasteiger partial charge in [0.25, 0.3) is 5.91 Å². The molecule has 33 heavy (non-hydrogen) atoms. The van der Waals surface area contributed by atoms with Crippen molar-refractivity contribution in [1.29, 1.82) is 0 Å². The lowest BCUT2D eigenvalue weighted by Gasteiger charge is -2.21. The third-order valence-electron chi connectivity index (χ3n) is 5.72. The number of rotatable bonds is 10. The quantitative estimate of drug-likeness (QED) is 0.345. The second-order valence-electron chi connectivity index (χ2n) is 8.16. The minimum Gasteiger partial charge on any atom is -0.367 e. The Labute approximate surface area is 205 Å². The summed E-state index contributed by atoms with van der Waals surface area (Å²) in [6.07, 6.45) is 2.11. The molecule has 176 valence electrons. The third kappa shape index (κ3) is 6.56. The molecule has 0 aliphatic rings. The van der Waals surface area contributed by atoms with E-state index >= 15 is 0 Å². The molecule has 3 aromatic rings. The van der Waals surface area contributed by atoms with Crippen molar-refractivity contribution in [1.82, 2.24) is 14.9 Å². The first kappa shape index (κ1) is 25.2. The maximum absolute atomic E-state index is 12.8. The predicted molar refractivity (Wildman–Crippen MR) is 139 cm³/mol. The van der Waals surface area contributed by atoms with Gasteiger partial charge in [-0.05, 0) is 76.2 Å². The average molecular weight is 488 g/mol. The fourth-order valence-corrected chi connectivity index (χ4v) is 4.04. The molecule has 1 atom stereocenters. The standard InChI is InChI=1S/C25H31Cl2N5O/c1-5-32(6-2)14-8-10-17(4)28-23-19-11-7-9-16(3)22(19)29-25(30-23)31-24(33)18-12-13-20(26)21(27)15-18/h7,9,11-13,15,17H,5-6,8,10,14H2,1-4H3,(H2,28,29,30,31,33). The number of para-hydroxylation sites is 1. The monoisotopic (exact) mass is 487 g/mol. The van der Waals surface area contributed by atoms with Crippen LogP contribution in [-0.4, -0.2) is 46.5 Å². The number of carbonyl (C=O) groups is 1. The van der Waals surface area contributed by atoms with Crippen molar-refractivity contribution in [3.8, 4) is 0 Å². The minimum atomic E-state index is -0.347. The molecule has 6 nitrogen and oxygen atoms in total. The average Bonchev–Trinajstić information content (AvgIpc) is 2.79. The van der Waals surface area contributed by atoms with Crippen molar-refractivity contribution in [2.45, 2.75) is 46.6 Å². The van der Waals surface area contributed by atoms with Crippen molar-refractivity contribution < 1.29 is 4.79 Å². The molecule has 0 bridgehead atoms. The van der Waals surface area contributed by atoms with Gasteiger partial charge < -0.3 is 10.2 Å². The van der Waals surface area contributed by atoms with Gasteiger partial charge in [0.1, 0.15) is 5.82 Å². The van der Waals surface area contributed by atoms with E-state index in [4.69, 9.17) is 23.2 Å². The zero-order valence-electron chi connectivity index (χ0n) is 19.6. The molecule has 0 fully saturated rings. The number of aryl methyl sites for hydroxylation is 1. The van der Waals surface area contributed by atoms with E-state index in [0.717, 1.165) is 48.9 Å². The first-order valence-electron chi connectivity index (χ1n) is 11.3. The smallest absolute Gasteiger partial charge is 0.258 e. The number of halogens is 2. The number of nitrogens with zero attached hydrogens (tertiary/aromatic N) is 3. The van der Waals surface area contributed by atoms with E-state index in [-0.39, 0.29) is 17.9 Å². The van der Waals surface area contributed by atoms with E-state index < -0.39 is 0 Å². The summed E-state index contributed by atoms with van der Waals surface area (Å²) in [7, 11) is 0. The molecule has 0 radical (unpaired) electrons. The molecule has 1 aromatic heterocycles. The Morgan fingerprint density at radius 3 is 2.55 bits per heavy atom. The van der Waals surface area contributed by atoms with E-state index in [1.54, 1.807) is 12.1 Å². The van der Waals surface area contributed by atoms with Gasteiger partial charge in [0.2, 0.25) is 5.95 Å². The van der Waals surface area contributed by atoms with Crippen LogP contribution in [0.4, 0.5) is 11.8 Å². The van der Waals surface area contributed by atoms with Gasteiger partial charge in [-0.3, -0.25) is 10.1 Å². The molecule has 1 unspecified atom stereocenters. The predicted octanol–water partition coefficient (Wildman–Crippen LogP) is 6.42. The Kier molecular flexibility index (Phi) is 8.89. The molecule has 2 N–H and O–H groups in total. The molecule has 0 aliphatic carbocycles. The van der Waals surface area contributed by atoms with Crippen LogP contribution in [0.5, 0.6) is 0 Å². The maximum Gasteiger partial charge on any atom is 0.258 e. The van der Waals surface area contributed by atoms with Gasteiger partial charge in [-0.2, -0.15) is 4.98 Å². The number of hydrogen-bond donors (Lipinski definition) is 2. The number of nitrogens with one attached hydrogen (secondary N) is 2. The Bertz CT molecular complexity index is 1120. The lowest BCUT2D eigenvalue weighted by atomic mass is 10.1. The van der Waals surface area contributed by atoms with Crippen LogP contribution in [-0.2, 0) is 0 Å². The normalized spacial score (nSPS) is 12.2. The number of anilines is 2. The highest BCUT2D eigenvalue weighted by Gasteiger charge is 2.15. The summed E-state index contributed by atoms with van der Waals surface area (Å²) < 4.78 is 0. The molecule has 2 aromatic carbocycles. The SMILES string of the molecule is CCN(CC)CCCC(C)Nc1nc(NC(=O)c2ccc(Cl)c(Cl)c2)nc2c(C)cccc12. The first-order valence-corrected chi connectivity index (χ1v) is 12.1. The van der Waals surface area contributed by atoms with Crippen LogP contribution in [0.25, 0.3) is 10.9 Å². The van der Waals surface area contributed by atoms with Crippen LogP contribution >= 0.6 is 23.2 Å². The van der Waals surface area contributed by atoms with Crippen LogP contribution in [0.15, 0.2) is 36.4 Å². The Morgan fingerprint density at radius 1 is 1.09 bits per heavy atom. The summed E-state index contributed by atoms with van der Waals surface area (Å²) in [5.41, 5.74) is 2.20. The van der Waals surface area contributed by atoms with Crippen molar-refractivity contribution in [3.63, 3.8) is 0 Å². The molecule has 8 heteroatoms. The Hall–Kier alpha value is -2.41. The Morgan fingerprint density at radius 2 is 1.85 bits per heavy atom. The Balaban J connectivity index is 1.81. The topological polar surface area (TPSA) is 70.2 Å². The van der Waals surface area contributed by atoms with Crippen LogP contribution < -0.4 is 10.6 Å². The summed E-state index contributed by atoms with van der Waals surface area (Å²) in [5.74, 6) is 0.605. The number of hydrogen-bond acceptors (Lipinski definition) is 5. The van der Waals surface area contributed by atoms with Crippen LogP contribution in [0.3, 0.4) is 0 Å². The maximum atomic E-state index is 12.8. The number of fused-ring (bicyclic) bond motifs is 1. The molecule has 0 saturated carbocycles. The highest BCUT2D eigenvalue weighted by atomic mass is 35.5. The van der Waals surface area contributed by atoms with Crippen molar-refractivity contribution in [2.75, 3.05) is 30.3 Å². The second kappa shape index (κ2) is 11.6. The largest absolute Gasteiger partial charge is 0.367 e. The molecule has 3 rings (SSSR count). The fourth-order valence-electron chi connectivity index (χ4n) is 3.74. The number of carbonyl (C=O) groups excluding carboxylic acids is 1. The van der Waals surface area contributed by atoms with E-state index in [0.29, 0.717) is 21.4 Å². The summed E-state index contributed by atoms with van der Waals surface area (Å²) >= 11 is 12.0. The van der Waals surface area contributed by atoms with Gasteiger partial charge in [0, 0.05) is 17.0 Å². The summed E-state index contributed by atoms with van der Waals surface area (Å²) in [6, 6.07) is 10.9. The number of benzene rings is 2. The lowest BCUT2D eigenvalue weighted by Crippen LogP contribution is -2.26. The molecule has 0 aliphatic heterocycles. The second-order valence-corrected chi connectivity index (χ2v) is 8.98. The lowest BCUT2D eigenvalue weighted by molar-refractivity contribution is 0.102. The molecular formula is C25H31Cl2N5O. The van der Waals surface area contributed by atoms with Crippen molar-refractivity contribution >= 4 is 51.8 Å².